The Bertz CT molecular complexity index is 577. The molecule has 1 aliphatic rings. The maximum absolute atomic E-state index is 12.1. The Morgan fingerprint density at radius 3 is 2.38 bits per heavy atom. The van der Waals surface area contributed by atoms with Crippen LogP contribution in [0.5, 0.6) is 0 Å². The summed E-state index contributed by atoms with van der Waals surface area (Å²) in [6.07, 6.45) is 0. The third kappa shape index (κ3) is 1.35. The van der Waals surface area contributed by atoms with Crippen molar-refractivity contribution >= 4 is 22.7 Å². The summed E-state index contributed by atoms with van der Waals surface area (Å²) >= 11 is 1.51. The molecular formula is C13H11NOS. The highest BCUT2D eigenvalue weighted by atomic mass is 32.1. The largest absolute Gasteiger partial charge is 0.289 e. The van der Waals surface area contributed by atoms with Gasteiger partial charge in [0.05, 0.1) is 6.57 Å². The van der Waals surface area contributed by atoms with E-state index in [2.05, 4.69) is 4.85 Å². The van der Waals surface area contributed by atoms with E-state index in [0.717, 1.165) is 22.3 Å². The summed E-state index contributed by atoms with van der Waals surface area (Å²) < 4.78 is 0. The van der Waals surface area contributed by atoms with Gasteiger partial charge in [0.2, 0.25) is 0 Å². The number of carbonyl (C=O) groups is 1. The Hall–Kier alpha value is -1.66. The summed E-state index contributed by atoms with van der Waals surface area (Å²) in [7, 11) is 0. The first-order chi connectivity index (χ1) is 7.57. The van der Waals surface area contributed by atoms with E-state index in [9.17, 15) is 4.79 Å². The number of nitrogens with zero attached hydrogens (tertiary/aromatic N) is 1. The fourth-order valence-corrected chi connectivity index (χ4v) is 2.78. The van der Waals surface area contributed by atoms with Crippen LogP contribution >= 0.6 is 11.3 Å². The van der Waals surface area contributed by atoms with Crippen molar-refractivity contribution in [2.45, 2.75) is 20.8 Å². The first-order valence-corrected chi connectivity index (χ1v) is 5.89. The molecule has 80 valence electrons. The predicted octanol–water partition coefficient (Wildman–Crippen LogP) is 3.93. The Morgan fingerprint density at radius 1 is 1.19 bits per heavy atom. The molecule has 0 spiro atoms. The van der Waals surface area contributed by atoms with Crippen LogP contribution < -0.4 is 0 Å². The Balaban J connectivity index is 2.83. The highest BCUT2D eigenvalue weighted by Crippen LogP contribution is 2.42. The van der Waals surface area contributed by atoms with E-state index in [4.69, 9.17) is 6.57 Å². The van der Waals surface area contributed by atoms with Gasteiger partial charge < -0.3 is 0 Å². The molecule has 2 rings (SSSR count). The van der Waals surface area contributed by atoms with Crippen LogP contribution in [0.1, 0.15) is 36.7 Å². The molecule has 2 nitrogen and oxygen atoms in total. The van der Waals surface area contributed by atoms with Crippen LogP contribution in [0.4, 0.5) is 0 Å². The zero-order chi connectivity index (χ0) is 11.9. The molecule has 3 heteroatoms. The Labute approximate surface area is 98.7 Å². The maximum Gasteiger partial charge on any atom is 0.193 e. The van der Waals surface area contributed by atoms with Gasteiger partial charge in [0.1, 0.15) is 0 Å². The molecule has 1 heterocycles. The van der Waals surface area contributed by atoms with Crippen molar-refractivity contribution in [1.29, 1.82) is 0 Å². The lowest BCUT2D eigenvalue weighted by Gasteiger charge is -2.04. The number of ketones is 1. The lowest BCUT2D eigenvalue weighted by atomic mass is 10.0. The molecule has 16 heavy (non-hydrogen) atoms. The van der Waals surface area contributed by atoms with Crippen LogP contribution in [0, 0.1) is 6.57 Å². The highest BCUT2D eigenvalue weighted by molar-refractivity contribution is 7.08. The number of hydrogen-bond acceptors (Lipinski definition) is 2. The molecule has 0 amide bonds. The van der Waals surface area contributed by atoms with Crippen molar-refractivity contribution in [3.05, 3.63) is 50.1 Å². The summed E-state index contributed by atoms with van der Waals surface area (Å²) in [5.74, 6) is 0.0641. The smallest absolute Gasteiger partial charge is 0.193 e. The summed E-state index contributed by atoms with van der Waals surface area (Å²) in [4.78, 5) is 15.6. The molecule has 1 aromatic heterocycles. The van der Waals surface area contributed by atoms with E-state index in [1.165, 1.54) is 11.3 Å². The normalized spacial score (nSPS) is 17.1. The van der Waals surface area contributed by atoms with E-state index in [1.807, 2.05) is 24.6 Å². The van der Waals surface area contributed by atoms with Crippen LogP contribution in [0.25, 0.3) is 10.4 Å². The van der Waals surface area contributed by atoms with E-state index in [1.54, 1.807) is 6.92 Å². The summed E-state index contributed by atoms with van der Waals surface area (Å²) in [6, 6.07) is 0. The van der Waals surface area contributed by atoms with Gasteiger partial charge in [0, 0.05) is 16.5 Å². The molecule has 0 fully saturated rings. The second-order valence-electron chi connectivity index (χ2n) is 3.98. The van der Waals surface area contributed by atoms with Crippen LogP contribution in [-0.4, -0.2) is 5.78 Å². The minimum absolute atomic E-state index is 0.0641. The number of hydrogen-bond donors (Lipinski definition) is 0. The first-order valence-electron chi connectivity index (χ1n) is 4.95. The summed E-state index contributed by atoms with van der Waals surface area (Å²) in [5.41, 5.74) is 4.80. The number of carbonyl (C=O) groups excluding carboxylic acids is 1. The summed E-state index contributed by atoms with van der Waals surface area (Å²) in [6.45, 7) is 12.7. The quantitative estimate of drug-likeness (QED) is 0.488. The number of Topliss-reactive ketones (excluding diaryl/α,β-unsaturated/α-hetero) is 1. The molecule has 0 unspecified atom stereocenters. The molecule has 0 saturated carbocycles. The lowest BCUT2D eigenvalue weighted by Crippen LogP contribution is -1.97. The van der Waals surface area contributed by atoms with E-state index < -0.39 is 0 Å². The minimum Gasteiger partial charge on any atom is -0.289 e. The van der Waals surface area contributed by atoms with Gasteiger partial charge in [-0.15, -0.1) is 0 Å². The van der Waals surface area contributed by atoms with Crippen molar-refractivity contribution in [1.82, 2.24) is 0 Å². The summed E-state index contributed by atoms with van der Waals surface area (Å²) in [5, 5.41) is 3.82. The third-order valence-corrected chi connectivity index (χ3v) is 3.43. The fourth-order valence-electron chi connectivity index (χ4n) is 1.96. The zero-order valence-electron chi connectivity index (χ0n) is 9.42. The SMILES string of the molecule is [C-]#[N+]/C(C)=C1/C(=C(C)C)C(=O)c2cscc21. The molecular weight excluding hydrogens is 218 g/mol. The molecule has 0 atom stereocenters. The predicted molar refractivity (Wildman–Crippen MR) is 66.2 cm³/mol. The van der Waals surface area contributed by atoms with Crippen molar-refractivity contribution in [2.75, 3.05) is 0 Å². The Morgan fingerprint density at radius 2 is 1.81 bits per heavy atom. The van der Waals surface area contributed by atoms with Crippen molar-refractivity contribution in [2.24, 2.45) is 0 Å². The lowest BCUT2D eigenvalue weighted by molar-refractivity contribution is 0.104. The second kappa shape index (κ2) is 3.73. The number of fused-ring (bicyclic) bond motifs is 1. The van der Waals surface area contributed by atoms with Gasteiger partial charge in [0.25, 0.3) is 0 Å². The van der Waals surface area contributed by atoms with Crippen LogP contribution in [0.2, 0.25) is 0 Å². The van der Waals surface area contributed by atoms with Gasteiger partial charge in [0.15, 0.2) is 11.5 Å². The van der Waals surface area contributed by atoms with Gasteiger partial charge >= 0.3 is 0 Å². The maximum atomic E-state index is 12.1. The third-order valence-electron chi connectivity index (χ3n) is 2.68. The monoisotopic (exact) mass is 229 g/mol. The van der Waals surface area contributed by atoms with Gasteiger partial charge in [-0.25, -0.2) is 4.85 Å². The van der Waals surface area contributed by atoms with Crippen LogP contribution in [0.15, 0.2) is 27.6 Å². The van der Waals surface area contributed by atoms with Gasteiger partial charge in [-0.2, -0.15) is 11.3 Å². The van der Waals surface area contributed by atoms with Crippen LogP contribution in [-0.2, 0) is 0 Å². The van der Waals surface area contributed by atoms with Gasteiger partial charge in [-0.1, -0.05) is 5.57 Å². The molecule has 1 aliphatic carbocycles. The number of allylic oxidation sites excluding steroid dienone is 4. The van der Waals surface area contributed by atoms with Crippen molar-refractivity contribution in [3.63, 3.8) is 0 Å². The number of rotatable bonds is 0. The number of thiophene rings is 1. The molecule has 0 N–H and O–H groups in total. The highest BCUT2D eigenvalue weighted by Gasteiger charge is 2.32. The molecule has 0 bridgehead atoms. The van der Waals surface area contributed by atoms with Crippen molar-refractivity contribution in [3.8, 4) is 0 Å². The standard InChI is InChI=1S/C13H11NOS/c1-7(2)11-12(8(3)14-4)9-5-16-6-10(9)13(11)15/h5-6H,1-3H3/b12-8+. The van der Waals surface area contributed by atoms with Crippen LogP contribution in [0.3, 0.4) is 0 Å². The molecule has 0 saturated heterocycles. The van der Waals surface area contributed by atoms with E-state index >= 15 is 0 Å². The topological polar surface area (TPSA) is 21.4 Å². The van der Waals surface area contributed by atoms with E-state index in [0.29, 0.717) is 11.3 Å². The Kier molecular flexibility index (Phi) is 2.53. The zero-order valence-corrected chi connectivity index (χ0v) is 10.2. The average Bonchev–Trinajstić information content (AvgIpc) is 2.79. The molecule has 1 aromatic rings. The van der Waals surface area contributed by atoms with E-state index in [-0.39, 0.29) is 5.78 Å². The molecule has 0 radical (unpaired) electrons. The molecule has 0 aromatic carbocycles. The molecule has 0 aliphatic heterocycles. The average molecular weight is 229 g/mol. The van der Waals surface area contributed by atoms with Gasteiger partial charge in [-0.3, -0.25) is 4.79 Å². The fraction of sp³-hybridized carbons (Fsp3) is 0.231. The van der Waals surface area contributed by atoms with Gasteiger partial charge in [-0.05, 0) is 37.3 Å². The van der Waals surface area contributed by atoms with Crippen molar-refractivity contribution < 1.29 is 4.79 Å². The first kappa shape index (κ1) is 10.8. The second-order valence-corrected chi connectivity index (χ2v) is 4.72. The minimum atomic E-state index is 0.0641.